The molecule has 31 heavy (non-hydrogen) atoms. The van der Waals surface area contributed by atoms with Gasteiger partial charge in [0, 0.05) is 25.0 Å². The van der Waals surface area contributed by atoms with E-state index in [2.05, 4.69) is 15.0 Å². The Balaban J connectivity index is 1.48. The van der Waals surface area contributed by atoms with Crippen LogP contribution in [0, 0.1) is 11.6 Å². The molecule has 0 radical (unpaired) electrons. The van der Waals surface area contributed by atoms with E-state index >= 15 is 0 Å². The third-order valence-electron chi connectivity index (χ3n) is 4.61. The molecule has 0 bridgehead atoms. The fourth-order valence-corrected chi connectivity index (χ4v) is 3.94. The Morgan fingerprint density at radius 1 is 1.23 bits per heavy atom. The second-order valence-corrected chi connectivity index (χ2v) is 7.57. The minimum Gasteiger partial charge on any atom is -0.492 e. The predicted octanol–water partition coefficient (Wildman–Crippen LogP) is 2.61. The third-order valence-corrected chi connectivity index (χ3v) is 5.63. The van der Waals surface area contributed by atoms with Crippen molar-refractivity contribution in [3.63, 3.8) is 0 Å². The molecule has 0 saturated carbocycles. The van der Waals surface area contributed by atoms with Crippen LogP contribution in [-0.4, -0.2) is 64.5 Å². The molecule has 0 aliphatic carbocycles. The zero-order chi connectivity index (χ0) is 22.0. The first-order valence-corrected chi connectivity index (χ1v) is 10.0. The van der Waals surface area contributed by atoms with Crippen molar-refractivity contribution in [2.24, 2.45) is 0 Å². The van der Waals surface area contributed by atoms with Crippen molar-refractivity contribution in [3.05, 3.63) is 59.1 Å². The van der Waals surface area contributed by atoms with Crippen molar-refractivity contribution in [3.8, 4) is 16.3 Å². The molecule has 1 amide bonds. The van der Waals surface area contributed by atoms with Gasteiger partial charge in [-0.05, 0) is 12.1 Å². The number of rotatable bonds is 5. The average molecular weight is 446 g/mol. The maximum absolute atomic E-state index is 13.9. The number of hydrogen-bond donors (Lipinski definition) is 0. The van der Waals surface area contributed by atoms with Crippen LogP contribution in [0.2, 0.25) is 0 Å². The molecule has 1 aliphatic rings. The Bertz CT molecular complexity index is 1140. The fraction of sp³-hybridized carbons (Fsp3) is 0.250. The lowest BCUT2D eigenvalue weighted by Gasteiger charge is -2.31. The van der Waals surface area contributed by atoms with E-state index in [1.165, 1.54) is 36.5 Å². The van der Waals surface area contributed by atoms with Gasteiger partial charge in [0.25, 0.3) is 5.91 Å². The lowest BCUT2D eigenvalue weighted by atomic mass is 10.1. The molecule has 3 aromatic heterocycles. The van der Waals surface area contributed by atoms with E-state index in [1.807, 2.05) is 0 Å². The lowest BCUT2D eigenvalue weighted by Crippen LogP contribution is -2.48. The fourth-order valence-electron chi connectivity index (χ4n) is 3.04. The van der Waals surface area contributed by atoms with Gasteiger partial charge in [-0.15, -0.1) is 11.3 Å². The molecule has 4 heterocycles. The SMILES string of the molecule is COc1cnc(C(=O)N2CCO[C@@H](C(=O)c3ncc(-c4ncccc4F)s3)C2)cc1F. The summed E-state index contributed by atoms with van der Waals surface area (Å²) in [7, 11) is 1.30. The minimum absolute atomic E-state index is 0.0418. The molecule has 3 aromatic rings. The van der Waals surface area contributed by atoms with Gasteiger partial charge < -0.3 is 14.4 Å². The van der Waals surface area contributed by atoms with Gasteiger partial charge in [0.1, 0.15) is 23.3 Å². The first kappa shape index (κ1) is 20.9. The van der Waals surface area contributed by atoms with Crippen LogP contribution >= 0.6 is 11.3 Å². The topological polar surface area (TPSA) is 94.5 Å². The normalized spacial score (nSPS) is 16.2. The largest absolute Gasteiger partial charge is 0.492 e. The lowest BCUT2D eigenvalue weighted by molar-refractivity contribution is -0.0117. The van der Waals surface area contributed by atoms with E-state index in [0.717, 1.165) is 23.6 Å². The summed E-state index contributed by atoms with van der Waals surface area (Å²) in [6, 6.07) is 3.73. The van der Waals surface area contributed by atoms with Gasteiger partial charge in [-0.3, -0.25) is 14.6 Å². The molecule has 8 nitrogen and oxygen atoms in total. The van der Waals surface area contributed by atoms with Crippen molar-refractivity contribution in [2.75, 3.05) is 26.8 Å². The number of carbonyl (C=O) groups excluding carboxylic acids is 2. The smallest absolute Gasteiger partial charge is 0.272 e. The van der Waals surface area contributed by atoms with Crippen molar-refractivity contribution in [1.82, 2.24) is 19.9 Å². The molecule has 1 atom stereocenters. The van der Waals surface area contributed by atoms with Crippen LogP contribution in [0.1, 0.15) is 20.3 Å². The molecule has 1 fully saturated rings. The highest BCUT2D eigenvalue weighted by Gasteiger charge is 2.32. The maximum atomic E-state index is 13.9. The number of pyridine rings is 2. The number of halogens is 2. The molecular weight excluding hydrogens is 430 g/mol. The van der Waals surface area contributed by atoms with Crippen molar-refractivity contribution in [2.45, 2.75) is 6.10 Å². The van der Waals surface area contributed by atoms with Gasteiger partial charge in [-0.1, -0.05) is 0 Å². The number of amides is 1. The zero-order valence-corrected chi connectivity index (χ0v) is 17.1. The molecule has 160 valence electrons. The van der Waals surface area contributed by atoms with E-state index in [-0.39, 0.29) is 41.8 Å². The second-order valence-electron chi connectivity index (χ2n) is 6.54. The first-order valence-electron chi connectivity index (χ1n) is 9.19. The van der Waals surface area contributed by atoms with Gasteiger partial charge in [0.2, 0.25) is 5.78 Å². The van der Waals surface area contributed by atoms with Crippen molar-refractivity contribution >= 4 is 23.0 Å². The third kappa shape index (κ3) is 4.28. The zero-order valence-electron chi connectivity index (χ0n) is 16.2. The molecule has 0 unspecified atom stereocenters. The van der Waals surface area contributed by atoms with Crippen LogP contribution in [0.25, 0.3) is 10.6 Å². The summed E-state index contributed by atoms with van der Waals surface area (Å²) in [6.07, 6.45) is 3.00. The standard InChI is InChI=1S/C20H16F2N4O4S/c1-29-14-8-24-13(7-12(14)22)20(28)26-5-6-30-15(10-26)18(27)19-25-9-16(31-19)17-11(21)3-2-4-23-17/h2-4,7-9,15H,5-6,10H2,1H3/t15-/m1/s1. The number of methoxy groups -OCH3 is 1. The van der Waals surface area contributed by atoms with Gasteiger partial charge >= 0.3 is 0 Å². The van der Waals surface area contributed by atoms with Crippen LogP contribution in [-0.2, 0) is 4.74 Å². The van der Waals surface area contributed by atoms with E-state index < -0.39 is 29.4 Å². The summed E-state index contributed by atoms with van der Waals surface area (Å²) in [4.78, 5) is 39.3. The van der Waals surface area contributed by atoms with Crippen LogP contribution in [0.3, 0.4) is 0 Å². The van der Waals surface area contributed by atoms with Gasteiger partial charge in [0.15, 0.2) is 16.6 Å². The number of aromatic nitrogens is 3. The summed E-state index contributed by atoms with van der Waals surface area (Å²) in [5.74, 6) is -2.26. The summed E-state index contributed by atoms with van der Waals surface area (Å²) >= 11 is 0.992. The summed E-state index contributed by atoms with van der Waals surface area (Å²) < 4.78 is 38.2. The highest BCUT2D eigenvalue weighted by Crippen LogP contribution is 2.28. The van der Waals surface area contributed by atoms with Gasteiger partial charge in [-0.25, -0.2) is 18.7 Å². The number of morpholine rings is 1. The van der Waals surface area contributed by atoms with Crippen LogP contribution < -0.4 is 4.74 Å². The number of nitrogens with zero attached hydrogens (tertiary/aromatic N) is 4. The van der Waals surface area contributed by atoms with E-state index in [0.29, 0.717) is 4.88 Å². The molecule has 1 aliphatic heterocycles. The predicted molar refractivity (Wildman–Crippen MR) is 106 cm³/mol. The van der Waals surface area contributed by atoms with E-state index in [4.69, 9.17) is 9.47 Å². The van der Waals surface area contributed by atoms with Gasteiger partial charge in [0.05, 0.1) is 31.3 Å². The van der Waals surface area contributed by atoms with Crippen LogP contribution in [0.4, 0.5) is 8.78 Å². The molecule has 11 heteroatoms. The number of thiazole rings is 1. The average Bonchev–Trinajstić information content (AvgIpc) is 3.28. The monoisotopic (exact) mass is 446 g/mol. The molecule has 0 N–H and O–H groups in total. The number of ether oxygens (including phenoxy) is 2. The second kappa shape index (κ2) is 8.82. The molecular formula is C20H16F2N4O4S. The Kier molecular flexibility index (Phi) is 5.96. The highest BCUT2D eigenvalue weighted by molar-refractivity contribution is 7.17. The molecule has 4 rings (SSSR count). The van der Waals surface area contributed by atoms with E-state index in [1.54, 1.807) is 0 Å². The number of ketones is 1. The Morgan fingerprint density at radius 3 is 2.81 bits per heavy atom. The van der Waals surface area contributed by atoms with Crippen molar-refractivity contribution in [1.29, 1.82) is 0 Å². The molecule has 1 saturated heterocycles. The summed E-state index contributed by atoms with van der Waals surface area (Å²) in [5, 5.41) is 0.118. The quantitative estimate of drug-likeness (QED) is 0.556. The first-order chi connectivity index (χ1) is 15.0. The van der Waals surface area contributed by atoms with Crippen LogP contribution in [0.5, 0.6) is 5.75 Å². The minimum atomic E-state index is -0.951. The summed E-state index contributed by atoms with van der Waals surface area (Å²) in [5.41, 5.74) is 0.00147. The van der Waals surface area contributed by atoms with Crippen LogP contribution in [0.15, 0.2) is 36.8 Å². The van der Waals surface area contributed by atoms with Gasteiger partial charge in [-0.2, -0.15) is 0 Å². The summed E-state index contributed by atoms with van der Waals surface area (Å²) in [6.45, 7) is 0.300. The Labute approximate surface area is 179 Å². The number of carbonyl (C=O) groups is 2. The maximum Gasteiger partial charge on any atom is 0.272 e. The molecule has 0 spiro atoms. The Hall–Kier alpha value is -3.31. The number of hydrogen-bond acceptors (Lipinski definition) is 8. The highest BCUT2D eigenvalue weighted by atomic mass is 32.1. The van der Waals surface area contributed by atoms with Crippen molar-refractivity contribution < 1.29 is 27.8 Å². The molecule has 0 aromatic carbocycles. The number of Topliss-reactive ketones (excluding diaryl/α,β-unsaturated/α-hetero) is 1. The van der Waals surface area contributed by atoms with E-state index in [9.17, 15) is 18.4 Å². The Morgan fingerprint density at radius 2 is 2.06 bits per heavy atom.